The summed E-state index contributed by atoms with van der Waals surface area (Å²) in [6.07, 6.45) is 13.5. The topological polar surface area (TPSA) is 44.2 Å². The first-order valence-electron chi connectivity index (χ1n) is 15.0. The third-order valence-electron chi connectivity index (χ3n) is 7.19. The van der Waals surface area contributed by atoms with Crippen molar-refractivity contribution in [3.05, 3.63) is 60.9 Å². The fourth-order valence-electron chi connectivity index (χ4n) is 4.87. The van der Waals surface area contributed by atoms with E-state index in [2.05, 4.69) is 72.3 Å². The number of hydrogen-bond acceptors (Lipinski definition) is 8. The molecule has 6 aromatic heterocycles. The molecule has 0 aliphatic heterocycles. The zero-order valence-electron chi connectivity index (χ0n) is 24.2. The number of unbranched alkanes of at least 4 members (excludes halogenated alkanes) is 6. The van der Waals surface area contributed by atoms with Crippen LogP contribution < -0.4 is 9.47 Å². The number of fused-ring (bicyclic) bond motifs is 2. The predicted molar refractivity (Wildman–Crippen MR) is 184 cm³/mol. The van der Waals surface area contributed by atoms with Crippen molar-refractivity contribution in [1.82, 2.24) is 9.97 Å². The number of nitrogens with zero attached hydrogens (tertiary/aromatic N) is 2. The molecule has 0 unspecified atom stereocenters. The monoisotopic (exact) mass is 632 g/mol. The lowest BCUT2D eigenvalue weighted by molar-refractivity contribution is 0.294. The summed E-state index contributed by atoms with van der Waals surface area (Å²) < 4.78 is 14.2. The Morgan fingerprint density at radius 2 is 0.929 bits per heavy atom. The van der Waals surface area contributed by atoms with Crippen molar-refractivity contribution in [2.45, 2.75) is 65.2 Å². The first-order valence-corrected chi connectivity index (χ1v) is 18.2. The molecule has 4 nitrogen and oxygen atoms in total. The molecule has 6 heterocycles. The minimum absolute atomic E-state index is 0.726. The highest BCUT2D eigenvalue weighted by molar-refractivity contribution is 7.30. The zero-order chi connectivity index (χ0) is 28.7. The lowest BCUT2D eigenvalue weighted by atomic mass is 10.2. The summed E-state index contributed by atoms with van der Waals surface area (Å²) in [7, 11) is 0. The van der Waals surface area contributed by atoms with E-state index < -0.39 is 0 Å². The minimum atomic E-state index is 0.726. The molecule has 218 valence electrons. The second kappa shape index (κ2) is 14.1. The molecule has 0 spiro atoms. The van der Waals surface area contributed by atoms with E-state index in [9.17, 15) is 0 Å². The molecular weight excluding hydrogens is 597 g/mol. The first-order chi connectivity index (χ1) is 20.7. The van der Waals surface area contributed by atoms with Crippen LogP contribution in [0.25, 0.3) is 49.4 Å². The number of rotatable bonds is 15. The molecule has 6 aromatic rings. The van der Waals surface area contributed by atoms with Gasteiger partial charge in [0.05, 0.1) is 22.6 Å². The van der Waals surface area contributed by atoms with Gasteiger partial charge in [-0.05, 0) is 49.2 Å². The Morgan fingerprint density at radius 1 is 0.500 bits per heavy atom. The van der Waals surface area contributed by atoms with Crippen molar-refractivity contribution in [2.75, 3.05) is 13.2 Å². The molecule has 6 rings (SSSR count). The fraction of sp³-hybridized carbons (Fsp3) is 0.353. The van der Waals surface area contributed by atoms with Gasteiger partial charge in [-0.2, -0.15) is 0 Å². The molecule has 0 saturated heterocycles. The molecule has 0 aromatic carbocycles. The average molecular weight is 633 g/mol. The maximum Gasteiger partial charge on any atom is 0.213 e. The number of aromatic nitrogens is 2. The van der Waals surface area contributed by atoms with Crippen LogP contribution in [0.15, 0.2) is 60.9 Å². The third-order valence-corrected chi connectivity index (χ3v) is 12.1. The molecule has 0 atom stereocenters. The average Bonchev–Trinajstić information content (AvgIpc) is 3.81. The van der Waals surface area contributed by atoms with Crippen molar-refractivity contribution in [3.63, 3.8) is 0 Å². The summed E-state index contributed by atoms with van der Waals surface area (Å²) in [4.78, 5) is 16.8. The molecule has 0 N–H and O–H groups in total. The Morgan fingerprint density at radius 3 is 1.36 bits per heavy atom. The van der Waals surface area contributed by atoms with Crippen LogP contribution in [0.2, 0.25) is 0 Å². The second-order valence-corrected chi connectivity index (χ2v) is 14.8. The summed E-state index contributed by atoms with van der Waals surface area (Å²) in [5.74, 6) is 1.45. The highest BCUT2D eigenvalue weighted by atomic mass is 32.1. The first kappa shape index (κ1) is 29.3. The highest BCUT2D eigenvalue weighted by Gasteiger charge is 2.14. The van der Waals surface area contributed by atoms with Crippen LogP contribution in [-0.4, -0.2) is 23.2 Å². The van der Waals surface area contributed by atoms with E-state index >= 15 is 0 Å². The fourth-order valence-corrected chi connectivity index (χ4v) is 9.16. The van der Waals surface area contributed by atoms with Gasteiger partial charge in [0.2, 0.25) is 11.8 Å². The Bertz CT molecular complexity index is 1620. The molecule has 0 aliphatic carbocycles. The molecule has 42 heavy (non-hydrogen) atoms. The van der Waals surface area contributed by atoms with Crippen LogP contribution in [0.5, 0.6) is 11.8 Å². The van der Waals surface area contributed by atoms with E-state index in [-0.39, 0.29) is 0 Å². The standard InChI is InChI=1S/C34H36N2O2S4/c1-3-5-7-9-15-37-33-19-23-17-29(41-31(23)21-35-33)27-13-11-25(39-27)26-12-14-28(40-26)30-18-24-20-34(36-22-32(24)42-30)38-16-10-8-6-4-2/h11-14,17-22H,3-10,15-16H2,1-2H3. The van der Waals surface area contributed by atoms with Gasteiger partial charge < -0.3 is 9.47 Å². The van der Waals surface area contributed by atoms with Crippen molar-refractivity contribution in [3.8, 4) is 41.0 Å². The van der Waals surface area contributed by atoms with E-state index in [1.807, 2.05) is 35.1 Å². The normalized spacial score (nSPS) is 11.6. The van der Waals surface area contributed by atoms with Crippen molar-refractivity contribution < 1.29 is 9.47 Å². The van der Waals surface area contributed by atoms with Gasteiger partial charge in [-0.1, -0.05) is 52.4 Å². The van der Waals surface area contributed by atoms with Gasteiger partial charge in [0, 0.05) is 64.6 Å². The molecule has 0 bridgehead atoms. The van der Waals surface area contributed by atoms with Crippen LogP contribution >= 0.6 is 45.3 Å². The van der Waals surface area contributed by atoms with Gasteiger partial charge in [-0.3, -0.25) is 0 Å². The summed E-state index contributed by atoms with van der Waals surface area (Å²) in [5.41, 5.74) is 0. The van der Waals surface area contributed by atoms with Crippen molar-refractivity contribution >= 4 is 65.5 Å². The zero-order valence-corrected chi connectivity index (χ0v) is 27.5. The minimum Gasteiger partial charge on any atom is -0.478 e. The van der Waals surface area contributed by atoms with E-state index in [1.165, 1.54) is 88.0 Å². The predicted octanol–water partition coefficient (Wildman–Crippen LogP) is 11.9. The Labute approximate surface area is 264 Å². The highest BCUT2D eigenvalue weighted by Crippen LogP contribution is 2.45. The maximum atomic E-state index is 5.92. The number of pyridine rings is 2. The van der Waals surface area contributed by atoms with Crippen LogP contribution in [-0.2, 0) is 0 Å². The van der Waals surface area contributed by atoms with Gasteiger partial charge in [-0.15, -0.1) is 45.3 Å². The van der Waals surface area contributed by atoms with E-state index in [0.717, 1.165) is 37.8 Å². The molecule has 0 amide bonds. The second-order valence-electron chi connectivity index (χ2n) is 10.5. The molecule has 8 heteroatoms. The van der Waals surface area contributed by atoms with E-state index in [0.29, 0.717) is 0 Å². The summed E-state index contributed by atoms with van der Waals surface area (Å²) >= 11 is 7.30. The summed E-state index contributed by atoms with van der Waals surface area (Å²) in [6.45, 7) is 5.93. The number of hydrogen-bond donors (Lipinski definition) is 0. The van der Waals surface area contributed by atoms with Crippen LogP contribution in [0.3, 0.4) is 0 Å². The van der Waals surface area contributed by atoms with Gasteiger partial charge >= 0.3 is 0 Å². The molecule has 0 aliphatic rings. The van der Waals surface area contributed by atoms with Crippen LogP contribution in [0.4, 0.5) is 0 Å². The van der Waals surface area contributed by atoms with Crippen molar-refractivity contribution in [2.24, 2.45) is 0 Å². The number of ether oxygens (including phenoxy) is 2. The quantitative estimate of drug-likeness (QED) is 0.106. The number of thiophene rings is 4. The Kier molecular flexibility index (Phi) is 9.86. The smallest absolute Gasteiger partial charge is 0.213 e. The van der Waals surface area contributed by atoms with E-state index in [4.69, 9.17) is 9.47 Å². The Balaban J connectivity index is 1.12. The van der Waals surface area contributed by atoms with Gasteiger partial charge in [0.15, 0.2) is 0 Å². The lowest BCUT2D eigenvalue weighted by Gasteiger charge is -2.04. The van der Waals surface area contributed by atoms with Crippen LogP contribution in [0.1, 0.15) is 65.2 Å². The lowest BCUT2D eigenvalue weighted by Crippen LogP contribution is -1.98. The van der Waals surface area contributed by atoms with Gasteiger partial charge in [0.25, 0.3) is 0 Å². The third kappa shape index (κ3) is 7.05. The largest absolute Gasteiger partial charge is 0.478 e. The van der Waals surface area contributed by atoms with Gasteiger partial charge in [0.1, 0.15) is 0 Å². The molecular formula is C34H36N2O2S4. The Hall–Kier alpha value is -2.78. The maximum absolute atomic E-state index is 5.92. The van der Waals surface area contributed by atoms with Crippen molar-refractivity contribution in [1.29, 1.82) is 0 Å². The molecule has 0 radical (unpaired) electrons. The van der Waals surface area contributed by atoms with E-state index in [1.54, 1.807) is 22.7 Å². The summed E-state index contributed by atoms with van der Waals surface area (Å²) in [6, 6.07) is 17.7. The summed E-state index contributed by atoms with van der Waals surface area (Å²) in [5, 5.41) is 2.40. The SMILES string of the molecule is CCCCCCOc1cc2cc(-c3ccc(-c4ccc(-c5cc6cc(OCCCCCC)ncc6s5)s4)s3)sc2cn1. The molecule has 0 fully saturated rings. The van der Waals surface area contributed by atoms with Gasteiger partial charge in [-0.25, -0.2) is 9.97 Å². The molecule has 0 saturated carbocycles. The van der Waals surface area contributed by atoms with Crippen LogP contribution in [0, 0.1) is 0 Å².